The van der Waals surface area contributed by atoms with Gasteiger partial charge in [-0.15, -0.1) is 11.3 Å². The fraction of sp³-hybridized carbons (Fsp3) is 0.333. The van der Waals surface area contributed by atoms with Crippen molar-refractivity contribution in [1.29, 1.82) is 0 Å². The fourth-order valence-electron chi connectivity index (χ4n) is 2.26. The van der Waals surface area contributed by atoms with Gasteiger partial charge in [-0.25, -0.2) is 4.39 Å². The molecule has 21 heavy (non-hydrogen) atoms. The summed E-state index contributed by atoms with van der Waals surface area (Å²) in [5.41, 5.74) is -0.665. The molecule has 1 aliphatic carbocycles. The number of benzene rings is 1. The molecule has 0 radical (unpaired) electrons. The zero-order chi connectivity index (χ0) is 15.1. The maximum absolute atomic E-state index is 13.8. The van der Waals surface area contributed by atoms with Gasteiger partial charge in [0.05, 0.1) is 0 Å². The molecule has 6 heteroatoms. The van der Waals surface area contributed by atoms with Crippen molar-refractivity contribution in [2.45, 2.75) is 31.1 Å². The lowest BCUT2D eigenvalue weighted by Crippen LogP contribution is -2.44. The van der Waals surface area contributed by atoms with E-state index >= 15 is 0 Å². The second-order valence-electron chi connectivity index (χ2n) is 5.22. The first-order valence-corrected chi connectivity index (χ1v) is 7.43. The lowest BCUT2D eigenvalue weighted by Gasteiger charge is -2.21. The Labute approximate surface area is 123 Å². The van der Waals surface area contributed by atoms with Gasteiger partial charge in [0.25, 0.3) is 0 Å². The van der Waals surface area contributed by atoms with Crippen molar-refractivity contribution in [2.75, 3.05) is 0 Å². The minimum Gasteiger partial charge on any atom is -0.299 e. The average molecular weight is 315 g/mol. The number of thiophene rings is 1. The van der Waals surface area contributed by atoms with E-state index < -0.39 is 11.7 Å². The largest absolute Gasteiger partial charge is 0.406 e. The van der Waals surface area contributed by atoms with Gasteiger partial charge in [-0.3, -0.25) is 5.32 Å². The molecule has 0 unspecified atom stereocenters. The maximum atomic E-state index is 13.8. The first-order chi connectivity index (χ1) is 9.91. The monoisotopic (exact) mass is 315 g/mol. The molecule has 1 aromatic carbocycles. The van der Waals surface area contributed by atoms with Crippen molar-refractivity contribution in [3.05, 3.63) is 47.1 Å². The third-order valence-electron chi connectivity index (χ3n) is 3.74. The molecule has 1 saturated carbocycles. The second-order valence-corrected chi connectivity index (χ2v) is 6.17. The highest BCUT2D eigenvalue weighted by atomic mass is 32.1. The Morgan fingerprint density at radius 3 is 2.52 bits per heavy atom. The van der Waals surface area contributed by atoms with Gasteiger partial charge in [0.1, 0.15) is 11.4 Å². The highest BCUT2D eigenvalue weighted by molar-refractivity contribution is 7.13. The number of hydrogen-bond donors (Lipinski definition) is 1. The summed E-state index contributed by atoms with van der Waals surface area (Å²) < 4.78 is 52.3. The standard InChI is InChI=1S/C15H13F4NS/c16-12-4-3-10(8-11(12)13-2-1-7-21-13)9-20-14(5-6-14)15(17,18)19/h1-4,7-8,20H,5-6,9H2. The third kappa shape index (κ3) is 2.82. The van der Waals surface area contributed by atoms with Gasteiger partial charge in [0, 0.05) is 17.0 Å². The van der Waals surface area contributed by atoms with E-state index in [0.29, 0.717) is 11.1 Å². The Morgan fingerprint density at radius 2 is 1.95 bits per heavy atom. The highest BCUT2D eigenvalue weighted by Gasteiger charge is 2.62. The van der Waals surface area contributed by atoms with E-state index in [9.17, 15) is 17.6 Å². The van der Waals surface area contributed by atoms with E-state index in [1.807, 2.05) is 11.4 Å². The summed E-state index contributed by atoms with van der Waals surface area (Å²) in [5, 5.41) is 4.41. The molecule has 0 saturated heterocycles. The van der Waals surface area contributed by atoms with Gasteiger partial charge in [-0.1, -0.05) is 12.1 Å². The Morgan fingerprint density at radius 1 is 1.19 bits per heavy atom. The molecular formula is C15H13F4NS. The van der Waals surface area contributed by atoms with Crippen LogP contribution in [0.5, 0.6) is 0 Å². The minimum atomic E-state index is -4.23. The van der Waals surface area contributed by atoms with Crippen LogP contribution in [-0.4, -0.2) is 11.7 Å². The quantitative estimate of drug-likeness (QED) is 0.804. The van der Waals surface area contributed by atoms with Crippen LogP contribution in [0.2, 0.25) is 0 Å². The van der Waals surface area contributed by atoms with E-state index in [0.717, 1.165) is 4.88 Å². The fourth-order valence-corrected chi connectivity index (χ4v) is 3.00. The van der Waals surface area contributed by atoms with E-state index in [1.54, 1.807) is 12.1 Å². The van der Waals surface area contributed by atoms with Crippen molar-refractivity contribution in [3.63, 3.8) is 0 Å². The van der Waals surface area contributed by atoms with Gasteiger partial charge >= 0.3 is 6.18 Å². The van der Waals surface area contributed by atoms with Crippen LogP contribution in [0.1, 0.15) is 18.4 Å². The Hall–Kier alpha value is -1.40. The number of nitrogens with one attached hydrogen (secondary N) is 1. The van der Waals surface area contributed by atoms with E-state index in [4.69, 9.17) is 0 Å². The molecule has 1 aliphatic rings. The van der Waals surface area contributed by atoms with E-state index in [1.165, 1.54) is 23.5 Å². The molecule has 0 spiro atoms. The van der Waals surface area contributed by atoms with Crippen LogP contribution in [0, 0.1) is 5.82 Å². The van der Waals surface area contributed by atoms with Crippen LogP contribution in [0.15, 0.2) is 35.7 Å². The minimum absolute atomic E-state index is 0.0815. The normalized spacial score (nSPS) is 17.0. The topological polar surface area (TPSA) is 12.0 Å². The van der Waals surface area contributed by atoms with Crippen molar-refractivity contribution in [3.8, 4) is 10.4 Å². The zero-order valence-corrected chi connectivity index (χ0v) is 11.8. The number of rotatable bonds is 4. The molecule has 0 aliphatic heterocycles. The van der Waals surface area contributed by atoms with Crippen LogP contribution < -0.4 is 5.32 Å². The SMILES string of the molecule is Fc1ccc(CNC2(C(F)(F)F)CC2)cc1-c1cccs1. The predicted molar refractivity (Wildman–Crippen MR) is 74.6 cm³/mol. The molecule has 112 valence electrons. The molecule has 2 aromatic rings. The molecule has 0 bridgehead atoms. The Kier molecular flexibility index (Phi) is 3.53. The Bertz CT molecular complexity index is 630. The van der Waals surface area contributed by atoms with Crippen LogP contribution >= 0.6 is 11.3 Å². The van der Waals surface area contributed by atoms with Crippen LogP contribution in [0.4, 0.5) is 17.6 Å². The van der Waals surface area contributed by atoms with Gasteiger partial charge in [-0.05, 0) is 42.0 Å². The molecule has 1 nitrogen and oxygen atoms in total. The van der Waals surface area contributed by atoms with Crippen LogP contribution in [0.25, 0.3) is 10.4 Å². The lowest BCUT2D eigenvalue weighted by molar-refractivity contribution is -0.166. The van der Waals surface area contributed by atoms with Crippen LogP contribution in [-0.2, 0) is 6.54 Å². The second kappa shape index (κ2) is 5.10. The molecule has 1 fully saturated rings. The molecule has 0 atom stereocenters. The molecule has 1 heterocycles. The summed E-state index contributed by atoms with van der Waals surface area (Å²) in [7, 11) is 0. The third-order valence-corrected chi connectivity index (χ3v) is 4.64. The summed E-state index contributed by atoms with van der Waals surface area (Å²) in [5.74, 6) is -0.363. The summed E-state index contributed by atoms with van der Waals surface area (Å²) in [6, 6.07) is 8.04. The van der Waals surface area contributed by atoms with E-state index in [2.05, 4.69) is 5.32 Å². The molecule has 1 aromatic heterocycles. The predicted octanol–water partition coefficient (Wildman–Crippen LogP) is 4.74. The summed E-state index contributed by atoms with van der Waals surface area (Å²) >= 11 is 1.40. The average Bonchev–Trinajstić information content (AvgIpc) is 3.04. The van der Waals surface area contributed by atoms with E-state index in [-0.39, 0.29) is 25.2 Å². The summed E-state index contributed by atoms with van der Waals surface area (Å²) in [6.07, 6.45) is -4.02. The van der Waals surface area contributed by atoms with Crippen molar-refractivity contribution < 1.29 is 17.6 Å². The Balaban J connectivity index is 1.77. The highest BCUT2D eigenvalue weighted by Crippen LogP contribution is 2.49. The van der Waals surface area contributed by atoms with Gasteiger partial charge in [0.2, 0.25) is 0 Å². The maximum Gasteiger partial charge on any atom is 0.406 e. The lowest BCUT2D eigenvalue weighted by atomic mass is 10.1. The molecular weight excluding hydrogens is 302 g/mol. The first kappa shape index (κ1) is 14.5. The zero-order valence-electron chi connectivity index (χ0n) is 11.0. The number of alkyl halides is 3. The molecule has 1 N–H and O–H groups in total. The summed E-state index contributed by atoms with van der Waals surface area (Å²) in [4.78, 5) is 0.770. The van der Waals surface area contributed by atoms with Gasteiger partial charge in [0.15, 0.2) is 0 Å². The first-order valence-electron chi connectivity index (χ1n) is 6.55. The van der Waals surface area contributed by atoms with Gasteiger partial charge < -0.3 is 0 Å². The molecule has 0 amide bonds. The summed E-state index contributed by atoms with van der Waals surface area (Å²) in [6.45, 7) is 0.0815. The molecule has 3 rings (SSSR count). The smallest absolute Gasteiger partial charge is 0.299 e. The van der Waals surface area contributed by atoms with Crippen molar-refractivity contribution in [2.24, 2.45) is 0 Å². The van der Waals surface area contributed by atoms with Gasteiger partial charge in [-0.2, -0.15) is 13.2 Å². The van der Waals surface area contributed by atoms with Crippen molar-refractivity contribution in [1.82, 2.24) is 5.32 Å². The van der Waals surface area contributed by atoms with Crippen molar-refractivity contribution >= 4 is 11.3 Å². The number of halogens is 4. The number of hydrogen-bond acceptors (Lipinski definition) is 2. The van der Waals surface area contributed by atoms with Crippen LogP contribution in [0.3, 0.4) is 0 Å².